The van der Waals surface area contributed by atoms with Gasteiger partial charge in [0, 0.05) is 24.0 Å². The Bertz CT molecular complexity index is 510. The molecule has 1 saturated heterocycles. The van der Waals surface area contributed by atoms with Gasteiger partial charge in [-0.3, -0.25) is 0 Å². The maximum absolute atomic E-state index is 6.68. The van der Waals surface area contributed by atoms with Crippen molar-refractivity contribution in [3.05, 3.63) is 33.8 Å². The fourth-order valence-corrected chi connectivity index (χ4v) is 4.40. The third-order valence-corrected chi connectivity index (χ3v) is 5.81. The fraction of sp³-hybridized carbons (Fsp3) is 0.625. The monoisotopic (exact) mass is 297 g/mol. The van der Waals surface area contributed by atoms with Crippen LogP contribution in [0.15, 0.2) is 12.1 Å². The third kappa shape index (κ3) is 2.02. The van der Waals surface area contributed by atoms with Crippen LogP contribution in [0, 0.1) is 5.41 Å². The zero-order valence-electron chi connectivity index (χ0n) is 11.3. The Hall–Kier alpha value is -0.240. The summed E-state index contributed by atoms with van der Waals surface area (Å²) in [4.78, 5) is 0. The molecule has 1 aromatic rings. The predicted molar refractivity (Wildman–Crippen MR) is 82.7 cm³/mol. The van der Waals surface area contributed by atoms with Crippen LogP contribution in [0.25, 0.3) is 0 Å². The van der Waals surface area contributed by atoms with E-state index in [9.17, 15) is 0 Å². The molecule has 1 aromatic carbocycles. The van der Waals surface area contributed by atoms with Gasteiger partial charge < -0.3 is 5.32 Å². The van der Waals surface area contributed by atoms with Crippen molar-refractivity contribution in [2.45, 2.75) is 44.4 Å². The molecule has 1 saturated carbocycles. The van der Waals surface area contributed by atoms with Gasteiger partial charge in [0.1, 0.15) is 0 Å². The maximum atomic E-state index is 6.68. The second-order valence-corrected chi connectivity index (χ2v) is 7.03. The minimum absolute atomic E-state index is 0. The number of hydrogen-bond acceptors (Lipinski definition) is 1. The van der Waals surface area contributed by atoms with Gasteiger partial charge in [-0.25, -0.2) is 0 Å². The first-order valence-electron chi connectivity index (χ1n) is 7.21. The van der Waals surface area contributed by atoms with Gasteiger partial charge in [0.15, 0.2) is 0 Å². The van der Waals surface area contributed by atoms with Gasteiger partial charge in [-0.15, -0.1) is 12.4 Å². The highest BCUT2D eigenvalue weighted by Crippen LogP contribution is 2.52. The first kappa shape index (κ1) is 13.7. The number of halogens is 2. The summed E-state index contributed by atoms with van der Waals surface area (Å²) < 4.78 is 0. The molecule has 1 nitrogen and oxygen atoms in total. The molecule has 104 valence electrons. The van der Waals surface area contributed by atoms with Gasteiger partial charge in [-0.05, 0) is 53.7 Å². The smallest absolute Gasteiger partial charge is 0.0475 e. The largest absolute Gasteiger partial charge is 0.316 e. The Morgan fingerprint density at radius 2 is 2.00 bits per heavy atom. The Morgan fingerprint density at radius 3 is 2.74 bits per heavy atom. The summed E-state index contributed by atoms with van der Waals surface area (Å²) in [5.74, 6) is 1.44. The van der Waals surface area contributed by atoms with E-state index >= 15 is 0 Å². The van der Waals surface area contributed by atoms with Crippen LogP contribution in [-0.2, 0) is 6.42 Å². The minimum Gasteiger partial charge on any atom is -0.316 e. The number of nitrogens with one attached hydrogen (secondary N) is 1. The van der Waals surface area contributed by atoms with E-state index in [-0.39, 0.29) is 12.4 Å². The quantitative estimate of drug-likeness (QED) is 0.816. The van der Waals surface area contributed by atoms with E-state index in [2.05, 4.69) is 24.4 Å². The van der Waals surface area contributed by atoms with Crippen molar-refractivity contribution in [1.82, 2.24) is 5.32 Å². The molecular formula is C16H21Cl2N. The topological polar surface area (TPSA) is 12.0 Å². The van der Waals surface area contributed by atoms with Crippen LogP contribution in [0.4, 0.5) is 0 Å². The summed E-state index contributed by atoms with van der Waals surface area (Å²) in [6, 6.07) is 4.69. The average molecular weight is 298 g/mol. The summed E-state index contributed by atoms with van der Waals surface area (Å²) in [5.41, 5.74) is 4.87. The van der Waals surface area contributed by atoms with Crippen molar-refractivity contribution in [1.29, 1.82) is 0 Å². The molecule has 19 heavy (non-hydrogen) atoms. The number of rotatable bonds is 1. The van der Waals surface area contributed by atoms with Crippen molar-refractivity contribution in [3.63, 3.8) is 0 Å². The lowest BCUT2D eigenvalue weighted by Gasteiger charge is -2.37. The van der Waals surface area contributed by atoms with Gasteiger partial charge in [0.05, 0.1) is 0 Å². The molecule has 0 bridgehead atoms. The molecule has 0 spiro atoms. The van der Waals surface area contributed by atoms with Gasteiger partial charge in [0.25, 0.3) is 0 Å². The fourth-order valence-electron chi connectivity index (χ4n) is 3.97. The molecule has 0 amide bonds. The van der Waals surface area contributed by atoms with Crippen LogP contribution in [-0.4, -0.2) is 13.1 Å². The van der Waals surface area contributed by atoms with E-state index < -0.39 is 0 Å². The van der Waals surface area contributed by atoms with Crippen LogP contribution in [0.5, 0.6) is 0 Å². The highest BCUT2D eigenvalue weighted by atomic mass is 35.5. The molecule has 1 aliphatic heterocycles. The summed E-state index contributed by atoms with van der Waals surface area (Å²) in [5, 5.41) is 4.67. The summed E-state index contributed by atoms with van der Waals surface area (Å²) in [6.07, 6.45) is 5.12. The number of benzene rings is 1. The number of hydrogen-bond donors (Lipinski definition) is 1. The minimum atomic E-state index is 0. The average Bonchev–Trinajstić information content (AvgIpc) is 3.10. The zero-order valence-corrected chi connectivity index (χ0v) is 12.9. The highest BCUT2D eigenvalue weighted by molar-refractivity contribution is 6.32. The summed E-state index contributed by atoms with van der Waals surface area (Å²) >= 11 is 6.68. The Balaban J connectivity index is 0.00000110. The molecule has 3 aliphatic rings. The van der Waals surface area contributed by atoms with E-state index in [1.165, 1.54) is 48.9 Å². The van der Waals surface area contributed by atoms with Gasteiger partial charge >= 0.3 is 0 Å². The van der Waals surface area contributed by atoms with Crippen molar-refractivity contribution in [3.8, 4) is 0 Å². The zero-order chi connectivity index (χ0) is 12.3. The van der Waals surface area contributed by atoms with E-state index in [0.717, 1.165) is 17.5 Å². The van der Waals surface area contributed by atoms with Crippen LogP contribution in [0.1, 0.15) is 54.7 Å². The summed E-state index contributed by atoms with van der Waals surface area (Å²) in [6.45, 7) is 4.73. The molecule has 3 heteroatoms. The predicted octanol–water partition coefficient (Wildman–Crippen LogP) is 4.28. The van der Waals surface area contributed by atoms with Crippen LogP contribution in [0.2, 0.25) is 5.02 Å². The second-order valence-electron chi connectivity index (χ2n) is 6.65. The Kier molecular flexibility index (Phi) is 3.36. The molecule has 1 N–H and O–H groups in total. The summed E-state index contributed by atoms with van der Waals surface area (Å²) in [7, 11) is 0. The molecule has 2 atom stereocenters. The van der Waals surface area contributed by atoms with Crippen molar-refractivity contribution >= 4 is 24.0 Å². The molecule has 2 fully saturated rings. The lowest BCUT2D eigenvalue weighted by Crippen LogP contribution is -2.30. The van der Waals surface area contributed by atoms with Crippen LogP contribution < -0.4 is 5.32 Å². The van der Waals surface area contributed by atoms with Gasteiger partial charge in [-0.1, -0.05) is 30.7 Å². The lowest BCUT2D eigenvalue weighted by molar-refractivity contribution is 0.277. The van der Waals surface area contributed by atoms with Crippen molar-refractivity contribution < 1.29 is 0 Å². The van der Waals surface area contributed by atoms with Crippen molar-refractivity contribution in [2.75, 3.05) is 13.1 Å². The molecule has 0 radical (unpaired) electrons. The maximum Gasteiger partial charge on any atom is 0.0475 e. The second kappa shape index (κ2) is 4.65. The molecular weight excluding hydrogens is 277 g/mol. The van der Waals surface area contributed by atoms with E-state index in [4.69, 9.17) is 11.6 Å². The molecule has 0 unspecified atom stereocenters. The van der Waals surface area contributed by atoms with Gasteiger partial charge in [-0.2, -0.15) is 0 Å². The van der Waals surface area contributed by atoms with E-state index in [1.54, 1.807) is 0 Å². The SMILES string of the molecule is C[C@]12CCc3c(ccc(C4CC4)c3Cl)[C@@H]1CNC2.Cl. The van der Waals surface area contributed by atoms with Crippen molar-refractivity contribution in [2.24, 2.45) is 5.41 Å². The van der Waals surface area contributed by atoms with E-state index in [1.807, 2.05) is 0 Å². The molecule has 4 rings (SSSR count). The Morgan fingerprint density at radius 1 is 1.26 bits per heavy atom. The third-order valence-electron chi connectivity index (χ3n) is 5.37. The van der Waals surface area contributed by atoms with Crippen LogP contribution >= 0.6 is 24.0 Å². The standard InChI is InChI=1S/C16H20ClN.ClH/c1-16-7-6-13-12(14(16)8-18-9-16)5-4-11(15(13)17)10-2-3-10;/h4-5,10,14,18H,2-3,6-9H2,1H3;1H/t14-,16+;/m0./s1. The lowest BCUT2D eigenvalue weighted by atomic mass is 9.67. The van der Waals surface area contributed by atoms with E-state index in [0.29, 0.717) is 11.3 Å². The van der Waals surface area contributed by atoms with Gasteiger partial charge in [0.2, 0.25) is 0 Å². The number of fused-ring (bicyclic) bond motifs is 3. The first-order valence-corrected chi connectivity index (χ1v) is 7.59. The van der Waals surface area contributed by atoms with Crippen LogP contribution in [0.3, 0.4) is 0 Å². The molecule has 0 aromatic heterocycles. The highest BCUT2D eigenvalue weighted by Gasteiger charge is 2.44. The first-order chi connectivity index (χ1) is 8.69. The molecule has 1 heterocycles. The molecule has 2 aliphatic carbocycles. The normalized spacial score (nSPS) is 32.4. The Labute approximate surface area is 126 Å².